The lowest BCUT2D eigenvalue weighted by atomic mass is 10.1. The van der Waals surface area contributed by atoms with Gasteiger partial charge in [0.25, 0.3) is 15.9 Å². The summed E-state index contributed by atoms with van der Waals surface area (Å²) in [6.07, 6.45) is -0.00415. The van der Waals surface area contributed by atoms with Crippen LogP contribution in [0.3, 0.4) is 0 Å². The molecule has 2 unspecified atom stereocenters. The van der Waals surface area contributed by atoms with Crippen molar-refractivity contribution in [2.24, 2.45) is 0 Å². The summed E-state index contributed by atoms with van der Waals surface area (Å²) in [5.41, 5.74) is 2.03. The molecule has 7 heteroatoms. The Kier molecular flexibility index (Phi) is 5.76. The minimum Gasteiger partial charge on any atom is -0.372 e. The number of rotatable bonds is 4. The van der Waals surface area contributed by atoms with Gasteiger partial charge in [0.15, 0.2) is 0 Å². The molecule has 2 aromatic carbocycles. The molecule has 1 aliphatic rings. The molecule has 0 N–H and O–H groups in total. The Morgan fingerprint density at radius 2 is 1.54 bits per heavy atom. The summed E-state index contributed by atoms with van der Waals surface area (Å²) in [5.74, 6) is -0.0717. The molecule has 2 atom stereocenters. The van der Waals surface area contributed by atoms with Gasteiger partial charge in [-0.25, -0.2) is 8.42 Å². The molecular weight excluding hydrogens is 376 g/mol. The first-order chi connectivity index (χ1) is 13.2. The number of carbonyl (C=O) groups excluding carboxylic acids is 1. The Bertz CT molecular complexity index is 929. The van der Waals surface area contributed by atoms with Gasteiger partial charge in [0.2, 0.25) is 0 Å². The van der Waals surface area contributed by atoms with E-state index in [9.17, 15) is 13.2 Å². The Morgan fingerprint density at radius 1 is 1.00 bits per heavy atom. The summed E-state index contributed by atoms with van der Waals surface area (Å²) < 4.78 is 32.5. The summed E-state index contributed by atoms with van der Waals surface area (Å²) in [7, 11) is -2.14. The van der Waals surface area contributed by atoms with Gasteiger partial charge in [0.05, 0.1) is 22.8 Å². The van der Waals surface area contributed by atoms with E-state index in [4.69, 9.17) is 4.74 Å². The quantitative estimate of drug-likeness (QED) is 0.788. The van der Waals surface area contributed by atoms with Crippen molar-refractivity contribution >= 4 is 21.6 Å². The zero-order valence-electron chi connectivity index (χ0n) is 16.6. The molecule has 1 saturated heterocycles. The SMILES string of the molecule is Cc1ccc(S(=O)(=O)N(C)c2ccc(C(=O)N3CC(C)OC(C)C3)cc2)cc1. The van der Waals surface area contributed by atoms with Crippen molar-refractivity contribution in [1.29, 1.82) is 0 Å². The Morgan fingerprint density at radius 3 is 2.07 bits per heavy atom. The number of aryl methyl sites for hydroxylation is 1. The van der Waals surface area contributed by atoms with Gasteiger partial charge in [0, 0.05) is 25.7 Å². The second-order valence-corrected chi connectivity index (χ2v) is 9.27. The largest absolute Gasteiger partial charge is 0.372 e. The van der Waals surface area contributed by atoms with Crippen LogP contribution in [0.2, 0.25) is 0 Å². The molecule has 1 amide bonds. The first-order valence-electron chi connectivity index (χ1n) is 9.29. The fourth-order valence-electron chi connectivity index (χ4n) is 3.35. The third-order valence-corrected chi connectivity index (χ3v) is 6.66. The Labute approximate surface area is 166 Å². The summed E-state index contributed by atoms with van der Waals surface area (Å²) in [5, 5.41) is 0. The maximum atomic E-state index is 12.8. The van der Waals surface area contributed by atoms with E-state index in [1.165, 1.54) is 11.4 Å². The van der Waals surface area contributed by atoms with Crippen LogP contribution >= 0.6 is 0 Å². The Balaban J connectivity index is 1.78. The molecular formula is C21H26N2O4S. The van der Waals surface area contributed by atoms with Crippen LogP contribution in [-0.4, -0.2) is 51.6 Å². The third-order valence-electron chi connectivity index (χ3n) is 4.86. The van der Waals surface area contributed by atoms with Crippen LogP contribution in [0, 0.1) is 6.92 Å². The predicted molar refractivity (Wildman–Crippen MR) is 109 cm³/mol. The zero-order valence-corrected chi connectivity index (χ0v) is 17.4. The first-order valence-corrected chi connectivity index (χ1v) is 10.7. The maximum Gasteiger partial charge on any atom is 0.264 e. The summed E-state index contributed by atoms with van der Waals surface area (Å²) in [4.78, 5) is 14.8. The van der Waals surface area contributed by atoms with E-state index >= 15 is 0 Å². The average molecular weight is 403 g/mol. The van der Waals surface area contributed by atoms with E-state index in [0.717, 1.165) is 5.56 Å². The van der Waals surface area contributed by atoms with Crippen molar-refractivity contribution in [1.82, 2.24) is 4.90 Å². The van der Waals surface area contributed by atoms with Crippen molar-refractivity contribution in [2.45, 2.75) is 37.9 Å². The molecule has 0 saturated carbocycles. The Hall–Kier alpha value is -2.38. The third kappa shape index (κ3) is 4.20. The number of morpholine rings is 1. The monoisotopic (exact) mass is 402 g/mol. The summed E-state index contributed by atoms with van der Waals surface area (Å²) in [6.45, 7) is 6.90. The molecule has 0 aromatic heterocycles. The van der Waals surface area contributed by atoms with Crippen LogP contribution in [0.5, 0.6) is 0 Å². The maximum absolute atomic E-state index is 12.8. The second kappa shape index (κ2) is 7.93. The number of ether oxygens (including phenoxy) is 1. The van der Waals surface area contributed by atoms with Crippen LogP contribution in [0.4, 0.5) is 5.69 Å². The van der Waals surface area contributed by atoms with Crippen molar-refractivity contribution in [3.63, 3.8) is 0 Å². The standard InChI is InChI=1S/C21H26N2O4S/c1-15-5-11-20(12-6-15)28(25,26)22(4)19-9-7-18(8-10-19)21(24)23-13-16(2)27-17(3)14-23/h5-12,16-17H,13-14H2,1-4H3. The number of anilines is 1. The molecule has 0 spiro atoms. The topological polar surface area (TPSA) is 66.9 Å². The van der Waals surface area contributed by atoms with Crippen LogP contribution < -0.4 is 4.31 Å². The number of hydrogen-bond acceptors (Lipinski definition) is 4. The van der Waals surface area contributed by atoms with Gasteiger partial charge < -0.3 is 9.64 Å². The molecule has 0 bridgehead atoms. The number of amides is 1. The fraction of sp³-hybridized carbons (Fsp3) is 0.381. The van der Waals surface area contributed by atoms with Gasteiger partial charge >= 0.3 is 0 Å². The van der Waals surface area contributed by atoms with Gasteiger partial charge in [-0.1, -0.05) is 17.7 Å². The van der Waals surface area contributed by atoms with E-state index in [0.29, 0.717) is 24.3 Å². The number of carbonyl (C=O) groups is 1. The molecule has 6 nitrogen and oxygen atoms in total. The predicted octanol–water partition coefficient (Wildman–Crippen LogP) is 3.07. The van der Waals surface area contributed by atoms with Gasteiger partial charge in [0.1, 0.15) is 0 Å². The van der Waals surface area contributed by atoms with Crippen molar-refractivity contribution < 1.29 is 17.9 Å². The lowest BCUT2D eigenvalue weighted by Crippen LogP contribution is -2.48. The molecule has 28 heavy (non-hydrogen) atoms. The van der Waals surface area contributed by atoms with Crippen molar-refractivity contribution in [3.8, 4) is 0 Å². The number of hydrogen-bond donors (Lipinski definition) is 0. The highest BCUT2D eigenvalue weighted by molar-refractivity contribution is 7.92. The second-order valence-electron chi connectivity index (χ2n) is 7.30. The molecule has 1 heterocycles. The first kappa shape index (κ1) is 20.4. The molecule has 2 aromatic rings. The van der Waals surface area contributed by atoms with Gasteiger partial charge in [-0.05, 0) is 57.2 Å². The lowest BCUT2D eigenvalue weighted by molar-refractivity contribution is -0.0586. The summed E-state index contributed by atoms with van der Waals surface area (Å²) >= 11 is 0. The molecule has 150 valence electrons. The highest BCUT2D eigenvalue weighted by Gasteiger charge is 2.27. The van der Waals surface area contributed by atoms with Crippen LogP contribution in [-0.2, 0) is 14.8 Å². The van der Waals surface area contributed by atoms with E-state index in [1.807, 2.05) is 20.8 Å². The van der Waals surface area contributed by atoms with Crippen molar-refractivity contribution in [2.75, 3.05) is 24.4 Å². The van der Waals surface area contributed by atoms with E-state index < -0.39 is 10.0 Å². The molecule has 1 fully saturated rings. The van der Waals surface area contributed by atoms with Gasteiger partial charge in [-0.2, -0.15) is 0 Å². The normalized spacial score (nSPS) is 20.1. The van der Waals surface area contributed by atoms with E-state index in [-0.39, 0.29) is 23.0 Å². The average Bonchev–Trinajstić information content (AvgIpc) is 2.66. The van der Waals surface area contributed by atoms with Crippen LogP contribution in [0.15, 0.2) is 53.4 Å². The minimum absolute atomic E-state index is 0.00208. The van der Waals surface area contributed by atoms with Crippen molar-refractivity contribution in [3.05, 3.63) is 59.7 Å². The van der Waals surface area contributed by atoms with E-state index in [2.05, 4.69) is 0 Å². The lowest BCUT2D eigenvalue weighted by Gasteiger charge is -2.35. The fourth-order valence-corrected chi connectivity index (χ4v) is 4.54. The number of benzene rings is 2. The highest BCUT2D eigenvalue weighted by Crippen LogP contribution is 2.23. The molecule has 3 rings (SSSR count). The molecule has 0 radical (unpaired) electrons. The highest BCUT2D eigenvalue weighted by atomic mass is 32.2. The summed E-state index contributed by atoms with van der Waals surface area (Å²) in [6, 6.07) is 13.4. The molecule has 1 aliphatic heterocycles. The number of nitrogens with zero attached hydrogens (tertiary/aromatic N) is 2. The van der Waals surface area contributed by atoms with Gasteiger partial charge in [-0.3, -0.25) is 9.10 Å². The minimum atomic E-state index is -3.66. The smallest absolute Gasteiger partial charge is 0.264 e. The number of sulfonamides is 1. The van der Waals surface area contributed by atoms with E-state index in [1.54, 1.807) is 53.4 Å². The van der Waals surface area contributed by atoms with Gasteiger partial charge in [-0.15, -0.1) is 0 Å². The van der Waals surface area contributed by atoms with Crippen LogP contribution in [0.25, 0.3) is 0 Å². The zero-order chi connectivity index (χ0) is 20.5. The molecule has 0 aliphatic carbocycles. The van der Waals surface area contributed by atoms with Crippen LogP contribution in [0.1, 0.15) is 29.8 Å².